The maximum atomic E-state index is 11.6. The number of hydrogen-bond donors (Lipinski definition) is 3. The molecular formula is C15H25NO3S. The van der Waals surface area contributed by atoms with Crippen LogP contribution in [-0.2, 0) is 9.59 Å². The van der Waals surface area contributed by atoms with Gasteiger partial charge < -0.3 is 5.11 Å². The van der Waals surface area contributed by atoms with Crippen molar-refractivity contribution >= 4 is 24.4 Å². The van der Waals surface area contributed by atoms with Crippen LogP contribution in [0.15, 0.2) is 23.3 Å². The fourth-order valence-corrected chi connectivity index (χ4v) is 1.92. The maximum absolute atomic E-state index is 11.6. The molecule has 0 bridgehead atoms. The Kier molecular flexibility index (Phi) is 9.25. The molecule has 0 aliphatic carbocycles. The monoisotopic (exact) mass is 299 g/mol. The highest BCUT2D eigenvalue weighted by molar-refractivity contribution is 7.80. The Bertz CT molecular complexity index is 398. The number of carboxylic acids is 1. The van der Waals surface area contributed by atoms with Crippen LogP contribution >= 0.6 is 12.6 Å². The molecule has 0 aliphatic rings. The van der Waals surface area contributed by atoms with Gasteiger partial charge in [-0.05, 0) is 40.5 Å². The van der Waals surface area contributed by atoms with Crippen molar-refractivity contribution in [2.75, 3.05) is 5.75 Å². The number of allylic oxidation sites excluding steroid dienone is 3. The number of ketones is 1. The maximum Gasteiger partial charge on any atom is 0.321 e. The second-order valence-corrected chi connectivity index (χ2v) is 5.53. The van der Waals surface area contributed by atoms with E-state index in [1.165, 1.54) is 12.5 Å². The molecule has 5 heteroatoms. The minimum absolute atomic E-state index is 0.0976. The van der Waals surface area contributed by atoms with Crippen LogP contribution in [0, 0.1) is 0 Å². The summed E-state index contributed by atoms with van der Waals surface area (Å²) in [6.45, 7) is 7.49. The molecule has 0 aliphatic heterocycles. The fraction of sp³-hybridized carbons (Fsp3) is 0.600. The number of carbonyl (C=O) groups is 2. The highest BCUT2D eigenvalue weighted by atomic mass is 32.1. The van der Waals surface area contributed by atoms with Crippen LogP contribution in [0.1, 0.15) is 40.5 Å². The fourth-order valence-electron chi connectivity index (χ4n) is 1.66. The van der Waals surface area contributed by atoms with E-state index in [0.29, 0.717) is 0 Å². The third-order valence-electron chi connectivity index (χ3n) is 2.84. The number of hydrogen-bond acceptors (Lipinski definition) is 4. The van der Waals surface area contributed by atoms with Crippen LogP contribution in [0.25, 0.3) is 0 Å². The van der Waals surface area contributed by atoms with Crippen LogP contribution in [0.5, 0.6) is 0 Å². The van der Waals surface area contributed by atoms with Gasteiger partial charge in [-0.3, -0.25) is 14.9 Å². The van der Waals surface area contributed by atoms with Gasteiger partial charge in [0.2, 0.25) is 0 Å². The summed E-state index contributed by atoms with van der Waals surface area (Å²) in [6.07, 6.45) is 5.72. The number of thiol groups is 1. The molecule has 0 radical (unpaired) electrons. The van der Waals surface area contributed by atoms with Crippen molar-refractivity contribution in [3.05, 3.63) is 23.3 Å². The lowest BCUT2D eigenvalue weighted by Gasteiger charge is -2.18. The molecular weight excluding hydrogens is 274 g/mol. The first-order valence-corrected chi connectivity index (χ1v) is 7.32. The Hall–Kier alpha value is -1.07. The summed E-state index contributed by atoms with van der Waals surface area (Å²) in [4.78, 5) is 22.6. The van der Waals surface area contributed by atoms with Gasteiger partial charge in [0.15, 0.2) is 5.78 Å². The van der Waals surface area contributed by atoms with E-state index in [0.717, 1.165) is 18.4 Å². The minimum atomic E-state index is -0.998. The first kappa shape index (κ1) is 18.9. The minimum Gasteiger partial charge on any atom is -0.480 e. The van der Waals surface area contributed by atoms with E-state index in [-0.39, 0.29) is 11.5 Å². The Morgan fingerprint density at radius 2 is 1.85 bits per heavy atom. The molecule has 2 N–H and O–H groups in total. The topological polar surface area (TPSA) is 66.4 Å². The summed E-state index contributed by atoms with van der Waals surface area (Å²) < 4.78 is 0. The summed E-state index contributed by atoms with van der Waals surface area (Å²) in [5.74, 6) is -0.953. The van der Waals surface area contributed by atoms with Crippen molar-refractivity contribution in [2.45, 2.75) is 52.6 Å². The lowest BCUT2D eigenvalue weighted by atomic mass is 10.0. The average molecular weight is 299 g/mol. The van der Waals surface area contributed by atoms with Gasteiger partial charge in [-0.25, -0.2) is 0 Å². The first-order valence-electron chi connectivity index (χ1n) is 6.68. The highest BCUT2D eigenvalue weighted by Gasteiger charge is 2.21. The van der Waals surface area contributed by atoms with Crippen molar-refractivity contribution in [3.63, 3.8) is 0 Å². The van der Waals surface area contributed by atoms with Crippen molar-refractivity contribution < 1.29 is 14.7 Å². The molecule has 0 saturated heterocycles. The average Bonchev–Trinajstić information content (AvgIpc) is 2.32. The zero-order valence-electron chi connectivity index (χ0n) is 12.6. The van der Waals surface area contributed by atoms with Gasteiger partial charge in [-0.2, -0.15) is 12.6 Å². The van der Waals surface area contributed by atoms with E-state index in [1.807, 2.05) is 20.8 Å². The smallest absolute Gasteiger partial charge is 0.321 e. The molecule has 0 rings (SSSR count). The van der Waals surface area contributed by atoms with Gasteiger partial charge in [0.05, 0.1) is 6.04 Å². The summed E-state index contributed by atoms with van der Waals surface area (Å²) in [6, 6.07) is -1.40. The van der Waals surface area contributed by atoms with E-state index >= 15 is 0 Å². The van der Waals surface area contributed by atoms with E-state index in [1.54, 1.807) is 6.08 Å². The molecule has 0 heterocycles. The van der Waals surface area contributed by atoms with Crippen LogP contribution < -0.4 is 5.32 Å². The molecule has 0 aromatic heterocycles. The Morgan fingerprint density at radius 1 is 1.25 bits per heavy atom. The lowest BCUT2D eigenvalue weighted by Crippen LogP contribution is -2.46. The molecule has 0 saturated carbocycles. The summed E-state index contributed by atoms with van der Waals surface area (Å²) in [5.41, 5.74) is 2.33. The highest BCUT2D eigenvalue weighted by Crippen LogP contribution is 2.09. The van der Waals surface area contributed by atoms with Gasteiger partial charge in [0, 0.05) is 5.75 Å². The standard InChI is InChI=1S/C15H25NO3S/c1-10(2)6-5-7-11(3)8-13(12(4)17)16-14(9-20)15(18)19/h6,8,13-14,16,20H,5,7,9H2,1-4H3,(H,18,19)/b11-8+/t13?,14-/m0/s1. The molecule has 20 heavy (non-hydrogen) atoms. The first-order chi connectivity index (χ1) is 9.27. The van der Waals surface area contributed by atoms with Gasteiger partial charge in [0.25, 0.3) is 0 Å². The Morgan fingerprint density at radius 3 is 2.25 bits per heavy atom. The largest absolute Gasteiger partial charge is 0.480 e. The van der Waals surface area contributed by atoms with Crippen LogP contribution in [-0.4, -0.2) is 34.7 Å². The molecule has 1 unspecified atom stereocenters. The molecule has 2 atom stereocenters. The Balaban J connectivity index is 4.71. The summed E-state index contributed by atoms with van der Waals surface area (Å²) in [7, 11) is 0. The lowest BCUT2D eigenvalue weighted by molar-refractivity contribution is -0.139. The van der Waals surface area contributed by atoms with E-state index in [4.69, 9.17) is 5.11 Å². The van der Waals surface area contributed by atoms with Crippen LogP contribution in [0.3, 0.4) is 0 Å². The molecule has 4 nitrogen and oxygen atoms in total. The van der Waals surface area contributed by atoms with Gasteiger partial charge in [-0.15, -0.1) is 0 Å². The number of rotatable bonds is 9. The molecule has 0 aromatic carbocycles. The second kappa shape index (κ2) is 9.77. The van der Waals surface area contributed by atoms with E-state index in [9.17, 15) is 9.59 Å². The normalized spacial score (nSPS) is 14.6. The van der Waals surface area contributed by atoms with Crippen molar-refractivity contribution in [1.82, 2.24) is 5.32 Å². The predicted octanol–water partition coefficient (Wildman–Crippen LogP) is 2.61. The van der Waals surface area contributed by atoms with Crippen molar-refractivity contribution in [2.24, 2.45) is 0 Å². The molecule has 114 valence electrons. The number of nitrogens with one attached hydrogen (secondary N) is 1. The molecule has 0 aromatic rings. The van der Waals surface area contributed by atoms with Crippen molar-refractivity contribution in [3.8, 4) is 0 Å². The number of aliphatic carboxylic acids is 1. The van der Waals surface area contributed by atoms with Gasteiger partial charge in [-0.1, -0.05) is 23.3 Å². The molecule has 0 amide bonds. The molecule has 0 spiro atoms. The zero-order chi connectivity index (χ0) is 15.7. The third-order valence-corrected chi connectivity index (χ3v) is 3.21. The van der Waals surface area contributed by atoms with Crippen molar-refractivity contribution in [1.29, 1.82) is 0 Å². The van der Waals surface area contributed by atoms with E-state index in [2.05, 4.69) is 24.0 Å². The summed E-state index contributed by atoms with van der Waals surface area (Å²) in [5, 5.41) is 11.8. The summed E-state index contributed by atoms with van der Waals surface area (Å²) >= 11 is 3.98. The SMILES string of the molecule is CC(=O)C(/C=C(\C)CCC=C(C)C)N[C@@H](CS)C(=O)O. The van der Waals surface area contributed by atoms with Crippen LogP contribution in [0.4, 0.5) is 0 Å². The number of carbonyl (C=O) groups excluding carboxylic acids is 1. The quantitative estimate of drug-likeness (QED) is 0.452. The Labute approximate surface area is 126 Å². The zero-order valence-corrected chi connectivity index (χ0v) is 13.5. The predicted molar refractivity (Wildman–Crippen MR) is 85.3 cm³/mol. The van der Waals surface area contributed by atoms with Gasteiger partial charge in [0.1, 0.15) is 6.04 Å². The van der Waals surface area contributed by atoms with E-state index < -0.39 is 18.1 Å². The molecule has 0 fully saturated rings. The number of Topliss-reactive ketones (excluding diaryl/α,β-unsaturated/α-hetero) is 1. The van der Waals surface area contributed by atoms with Crippen LogP contribution in [0.2, 0.25) is 0 Å². The number of carboxylic acid groups (broad SMARTS) is 1. The van der Waals surface area contributed by atoms with Gasteiger partial charge >= 0.3 is 5.97 Å². The third kappa shape index (κ3) is 8.17. The second-order valence-electron chi connectivity index (χ2n) is 5.16.